The van der Waals surface area contributed by atoms with Crippen LogP contribution in [0.3, 0.4) is 0 Å². The van der Waals surface area contributed by atoms with Crippen molar-refractivity contribution in [2.75, 3.05) is 0 Å². The fourth-order valence-electron chi connectivity index (χ4n) is 3.23. The molecular formula is C24H16BrIN2O5S. The van der Waals surface area contributed by atoms with E-state index < -0.39 is 4.92 Å². The van der Waals surface area contributed by atoms with Gasteiger partial charge in [-0.1, -0.05) is 40.2 Å². The highest BCUT2D eigenvalue weighted by Crippen LogP contribution is 2.36. The molecule has 0 aromatic heterocycles. The highest BCUT2D eigenvalue weighted by atomic mass is 127. The summed E-state index contributed by atoms with van der Waals surface area (Å²) in [4.78, 5) is 37.6. The molecule has 4 rings (SSSR count). The summed E-state index contributed by atoms with van der Waals surface area (Å²) in [6.07, 6.45) is 1.63. The summed E-state index contributed by atoms with van der Waals surface area (Å²) in [5, 5.41) is 10.7. The van der Waals surface area contributed by atoms with Crippen molar-refractivity contribution in [3.63, 3.8) is 0 Å². The van der Waals surface area contributed by atoms with Crippen molar-refractivity contribution in [2.45, 2.75) is 13.2 Å². The van der Waals surface area contributed by atoms with Crippen LogP contribution in [0, 0.1) is 13.7 Å². The predicted molar refractivity (Wildman–Crippen MR) is 142 cm³/mol. The van der Waals surface area contributed by atoms with E-state index in [9.17, 15) is 19.7 Å². The van der Waals surface area contributed by atoms with Crippen molar-refractivity contribution >= 4 is 73.2 Å². The maximum atomic E-state index is 13.0. The van der Waals surface area contributed by atoms with E-state index in [2.05, 4.69) is 38.5 Å². The minimum Gasteiger partial charge on any atom is -0.488 e. The normalized spacial score (nSPS) is 14.6. The zero-order valence-electron chi connectivity index (χ0n) is 17.4. The molecule has 0 aliphatic carbocycles. The smallest absolute Gasteiger partial charge is 0.293 e. The molecule has 1 fully saturated rings. The molecule has 0 spiro atoms. The number of thioether (sulfide) groups is 1. The van der Waals surface area contributed by atoms with Crippen LogP contribution >= 0.6 is 50.3 Å². The van der Waals surface area contributed by atoms with Gasteiger partial charge in [0.15, 0.2) is 0 Å². The largest absolute Gasteiger partial charge is 0.488 e. The molecule has 1 aliphatic rings. The van der Waals surface area contributed by atoms with E-state index in [1.54, 1.807) is 36.4 Å². The molecule has 0 saturated carbocycles. The minimum atomic E-state index is -0.457. The van der Waals surface area contributed by atoms with E-state index >= 15 is 0 Å². The molecular weight excluding hydrogens is 635 g/mol. The van der Waals surface area contributed by atoms with Gasteiger partial charge in [-0.25, -0.2) is 0 Å². The van der Waals surface area contributed by atoms with Crippen LogP contribution in [-0.2, 0) is 17.9 Å². The Morgan fingerprint density at radius 3 is 2.56 bits per heavy atom. The Hall–Kier alpha value is -2.70. The van der Waals surface area contributed by atoms with Gasteiger partial charge in [0, 0.05) is 25.7 Å². The first kappa shape index (κ1) is 24.4. The van der Waals surface area contributed by atoms with Crippen molar-refractivity contribution in [2.24, 2.45) is 0 Å². The third kappa shape index (κ3) is 5.86. The third-order valence-electron chi connectivity index (χ3n) is 4.90. The number of rotatable bonds is 7. The first-order chi connectivity index (χ1) is 16.3. The molecule has 0 unspecified atom stereocenters. The number of non-ortho nitro benzene ring substituents is 1. The van der Waals surface area contributed by atoms with Crippen molar-refractivity contribution in [3.8, 4) is 5.75 Å². The van der Waals surface area contributed by atoms with Crippen molar-refractivity contribution in [3.05, 3.63) is 106 Å². The molecule has 0 atom stereocenters. The SMILES string of the molecule is O=C1S/C(=C\c2cc(Br)ccc2OCc2cccc([N+](=O)[O-])c2)C(=O)N1Cc1ccc(I)cc1. The Kier molecular flexibility index (Phi) is 7.69. The van der Waals surface area contributed by atoms with E-state index in [-0.39, 0.29) is 30.0 Å². The topological polar surface area (TPSA) is 89.7 Å². The Morgan fingerprint density at radius 1 is 1.06 bits per heavy atom. The average molecular weight is 651 g/mol. The standard InChI is InChI=1S/C24H16BrIN2O5S/c25-18-6-9-21(33-14-16-2-1-3-20(10-16)28(31)32)17(11-18)12-22-23(29)27(24(30)34-22)13-15-4-7-19(26)8-5-15/h1-12H,13-14H2/b22-12-. The number of carbonyl (C=O) groups excluding carboxylic acids is 2. The Labute approximate surface area is 221 Å². The summed E-state index contributed by atoms with van der Waals surface area (Å²) < 4.78 is 7.76. The number of imide groups is 1. The van der Waals surface area contributed by atoms with Crippen molar-refractivity contribution in [1.29, 1.82) is 0 Å². The van der Waals surface area contributed by atoms with E-state index in [1.165, 1.54) is 17.0 Å². The zero-order valence-corrected chi connectivity index (χ0v) is 22.0. The molecule has 0 N–H and O–H groups in total. The van der Waals surface area contributed by atoms with E-state index in [1.807, 2.05) is 24.3 Å². The number of hydrogen-bond donors (Lipinski definition) is 0. The number of benzene rings is 3. The zero-order chi connectivity index (χ0) is 24.2. The summed E-state index contributed by atoms with van der Waals surface area (Å²) in [6.45, 7) is 0.312. The van der Waals surface area contributed by atoms with Gasteiger partial charge < -0.3 is 4.74 Å². The molecule has 34 heavy (non-hydrogen) atoms. The summed E-state index contributed by atoms with van der Waals surface area (Å²) >= 11 is 6.51. The predicted octanol–water partition coefficient (Wildman–Crippen LogP) is 6.78. The fraction of sp³-hybridized carbons (Fsp3) is 0.0833. The summed E-state index contributed by atoms with van der Waals surface area (Å²) in [7, 11) is 0. The maximum absolute atomic E-state index is 13.0. The van der Waals surface area contributed by atoms with Gasteiger partial charge in [0.05, 0.1) is 16.4 Å². The lowest BCUT2D eigenvalue weighted by atomic mass is 10.1. The lowest BCUT2D eigenvalue weighted by molar-refractivity contribution is -0.384. The molecule has 3 aromatic rings. The van der Waals surface area contributed by atoms with Crippen LogP contribution < -0.4 is 4.74 Å². The second-order valence-corrected chi connectivity index (χ2v) is 10.4. The van der Waals surface area contributed by atoms with E-state index in [0.717, 1.165) is 25.4 Å². The molecule has 1 saturated heterocycles. The van der Waals surface area contributed by atoms with Crippen LogP contribution in [0.4, 0.5) is 10.5 Å². The highest BCUT2D eigenvalue weighted by molar-refractivity contribution is 14.1. The van der Waals surface area contributed by atoms with Gasteiger partial charge in [-0.3, -0.25) is 24.6 Å². The quantitative estimate of drug-likeness (QED) is 0.121. The van der Waals surface area contributed by atoms with Crippen LogP contribution in [0.25, 0.3) is 6.08 Å². The van der Waals surface area contributed by atoms with Gasteiger partial charge >= 0.3 is 0 Å². The van der Waals surface area contributed by atoms with Crippen LogP contribution in [0.5, 0.6) is 5.75 Å². The molecule has 1 aliphatic heterocycles. The number of nitrogens with zero attached hydrogens (tertiary/aromatic N) is 2. The summed E-state index contributed by atoms with van der Waals surface area (Å²) in [6, 6.07) is 19.2. The number of hydrogen-bond acceptors (Lipinski definition) is 6. The lowest BCUT2D eigenvalue weighted by Crippen LogP contribution is -2.27. The number of nitro groups is 1. The monoisotopic (exact) mass is 650 g/mol. The molecule has 172 valence electrons. The molecule has 0 bridgehead atoms. The number of ether oxygens (including phenoxy) is 1. The van der Waals surface area contributed by atoms with Crippen LogP contribution in [0.2, 0.25) is 0 Å². The molecule has 0 radical (unpaired) electrons. The summed E-state index contributed by atoms with van der Waals surface area (Å²) in [5.41, 5.74) is 2.10. The second kappa shape index (κ2) is 10.7. The average Bonchev–Trinajstić information content (AvgIpc) is 3.07. The van der Waals surface area contributed by atoms with Gasteiger partial charge in [0.2, 0.25) is 0 Å². The second-order valence-electron chi connectivity index (χ2n) is 7.29. The number of amides is 2. The lowest BCUT2D eigenvalue weighted by Gasteiger charge is -2.12. The number of halogens is 2. The molecule has 7 nitrogen and oxygen atoms in total. The summed E-state index contributed by atoms with van der Waals surface area (Å²) in [5.74, 6) is 0.122. The first-order valence-corrected chi connectivity index (χ1v) is 12.6. The van der Waals surface area contributed by atoms with Crippen LogP contribution in [0.1, 0.15) is 16.7 Å². The fourth-order valence-corrected chi connectivity index (χ4v) is 4.80. The molecule has 2 amide bonds. The van der Waals surface area contributed by atoms with Gasteiger partial charge in [0.1, 0.15) is 12.4 Å². The Balaban J connectivity index is 1.54. The number of nitro benzene ring substituents is 1. The highest BCUT2D eigenvalue weighted by Gasteiger charge is 2.35. The van der Waals surface area contributed by atoms with Gasteiger partial charge in [-0.2, -0.15) is 0 Å². The maximum Gasteiger partial charge on any atom is 0.293 e. The van der Waals surface area contributed by atoms with Crippen molar-refractivity contribution in [1.82, 2.24) is 4.90 Å². The molecule has 1 heterocycles. The van der Waals surface area contributed by atoms with Crippen molar-refractivity contribution < 1.29 is 19.2 Å². The third-order valence-corrected chi connectivity index (χ3v) is 7.02. The Bertz CT molecular complexity index is 1310. The molecule has 10 heteroatoms. The molecule has 3 aromatic carbocycles. The van der Waals surface area contributed by atoms with E-state index in [0.29, 0.717) is 21.8 Å². The van der Waals surface area contributed by atoms with Gasteiger partial charge in [0.25, 0.3) is 16.8 Å². The van der Waals surface area contributed by atoms with Crippen LogP contribution in [-0.4, -0.2) is 21.0 Å². The number of carbonyl (C=O) groups is 2. The van der Waals surface area contributed by atoms with Crippen LogP contribution in [0.15, 0.2) is 76.1 Å². The minimum absolute atomic E-state index is 0.0149. The first-order valence-electron chi connectivity index (χ1n) is 9.95. The van der Waals surface area contributed by atoms with E-state index in [4.69, 9.17) is 4.74 Å². The van der Waals surface area contributed by atoms with Gasteiger partial charge in [-0.15, -0.1) is 0 Å². The van der Waals surface area contributed by atoms with Gasteiger partial charge in [-0.05, 0) is 81.9 Å². The Morgan fingerprint density at radius 2 is 1.82 bits per heavy atom.